The van der Waals surface area contributed by atoms with Crippen molar-refractivity contribution >= 4 is 28.7 Å². The van der Waals surface area contributed by atoms with E-state index in [2.05, 4.69) is 15.1 Å². The molecule has 1 N–H and O–H groups in total. The van der Waals surface area contributed by atoms with Crippen LogP contribution >= 0.6 is 0 Å². The Morgan fingerprint density at radius 2 is 1.75 bits per heavy atom. The molecule has 0 saturated carbocycles. The average molecular weight is 489 g/mol. The first kappa shape index (κ1) is 23.2. The maximum Gasteiger partial charge on any atom is 0.320 e. The second-order valence-corrected chi connectivity index (χ2v) is 8.22. The van der Waals surface area contributed by atoms with Gasteiger partial charge in [0.25, 0.3) is 6.29 Å². The SMILES string of the molecule is CCN(Cc1cccc(-n2nc3ccc(OC)cc3n2)c1O)c1ccc(C2OC(=O)CC(=O)O2)cc1. The highest BCUT2D eigenvalue weighted by atomic mass is 16.7. The van der Waals surface area contributed by atoms with Gasteiger partial charge in [0, 0.05) is 36.0 Å². The van der Waals surface area contributed by atoms with E-state index in [1.54, 1.807) is 31.4 Å². The van der Waals surface area contributed by atoms with Gasteiger partial charge in [0.2, 0.25) is 0 Å². The summed E-state index contributed by atoms with van der Waals surface area (Å²) in [5.41, 5.74) is 3.96. The molecule has 1 aliphatic rings. The topological polar surface area (TPSA) is 116 Å². The normalized spacial score (nSPS) is 13.9. The fraction of sp³-hybridized carbons (Fsp3) is 0.231. The second kappa shape index (κ2) is 9.57. The number of methoxy groups -OCH3 is 1. The van der Waals surface area contributed by atoms with Gasteiger partial charge in [-0.25, -0.2) is 0 Å². The highest BCUT2D eigenvalue weighted by Gasteiger charge is 2.29. The number of fused-ring (bicyclic) bond motifs is 1. The number of esters is 2. The van der Waals surface area contributed by atoms with Crippen LogP contribution in [0.3, 0.4) is 0 Å². The summed E-state index contributed by atoms with van der Waals surface area (Å²) >= 11 is 0. The molecule has 1 saturated heterocycles. The van der Waals surface area contributed by atoms with E-state index in [4.69, 9.17) is 14.2 Å². The Morgan fingerprint density at radius 3 is 2.44 bits per heavy atom. The van der Waals surface area contributed by atoms with E-state index in [0.29, 0.717) is 46.7 Å². The summed E-state index contributed by atoms with van der Waals surface area (Å²) in [7, 11) is 1.59. The van der Waals surface area contributed by atoms with Crippen molar-refractivity contribution in [1.82, 2.24) is 15.0 Å². The molecule has 0 spiro atoms. The lowest BCUT2D eigenvalue weighted by atomic mass is 10.1. The van der Waals surface area contributed by atoms with E-state index in [1.807, 2.05) is 43.3 Å². The fourth-order valence-electron chi connectivity index (χ4n) is 4.03. The molecule has 0 atom stereocenters. The lowest BCUT2D eigenvalue weighted by molar-refractivity contribution is -0.204. The molecular formula is C26H24N4O6. The molecule has 36 heavy (non-hydrogen) atoms. The van der Waals surface area contributed by atoms with Gasteiger partial charge < -0.3 is 24.2 Å². The number of nitrogens with zero attached hydrogens (tertiary/aromatic N) is 4. The predicted molar refractivity (Wildman–Crippen MR) is 130 cm³/mol. The molecule has 184 valence electrons. The van der Waals surface area contributed by atoms with E-state index < -0.39 is 18.2 Å². The van der Waals surface area contributed by atoms with Gasteiger partial charge in [-0.3, -0.25) is 9.59 Å². The number of hydrogen-bond acceptors (Lipinski definition) is 9. The zero-order valence-electron chi connectivity index (χ0n) is 19.7. The lowest BCUT2D eigenvalue weighted by Gasteiger charge is -2.26. The summed E-state index contributed by atoms with van der Waals surface area (Å²) in [6, 6.07) is 18.1. The van der Waals surface area contributed by atoms with Gasteiger partial charge in [-0.05, 0) is 49.4 Å². The highest BCUT2D eigenvalue weighted by Crippen LogP contribution is 2.30. The van der Waals surface area contributed by atoms with Gasteiger partial charge in [-0.1, -0.05) is 12.1 Å². The van der Waals surface area contributed by atoms with Crippen LogP contribution in [0.25, 0.3) is 16.7 Å². The number of phenolic OH excluding ortho intramolecular Hbond substituents is 1. The van der Waals surface area contributed by atoms with Crippen molar-refractivity contribution in [2.24, 2.45) is 0 Å². The first-order valence-corrected chi connectivity index (χ1v) is 11.4. The minimum atomic E-state index is -1.04. The van der Waals surface area contributed by atoms with Crippen molar-refractivity contribution in [3.63, 3.8) is 0 Å². The Labute approximate surface area is 206 Å². The van der Waals surface area contributed by atoms with Gasteiger partial charge in [0.05, 0.1) is 7.11 Å². The van der Waals surface area contributed by atoms with Crippen molar-refractivity contribution < 1.29 is 28.9 Å². The molecular weight excluding hydrogens is 464 g/mol. The zero-order chi connectivity index (χ0) is 25.2. The van der Waals surface area contributed by atoms with Crippen LogP contribution in [0.1, 0.15) is 30.8 Å². The number of carbonyl (C=O) groups excluding carboxylic acids is 2. The minimum absolute atomic E-state index is 0.0841. The molecule has 3 aromatic carbocycles. The number of carbonyl (C=O) groups is 2. The summed E-state index contributed by atoms with van der Waals surface area (Å²) in [5, 5.41) is 20.1. The number of ether oxygens (including phenoxy) is 3. The average Bonchev–Trinajstić information content (AvgIpc) is 3.30. The molecule has 0 amide bonds. The number of anilines is 1. The number of cyclic esters (lactones) is 2. The molecule has 1 fully saturated rings. The third-order valence-electron chi connectivity index (χ3n) is 5.94. The van der Waals surface area contributed by atoms with Gasteiger partial charge in [-0.15, -0.1) is 15.0 Å². The Balaban J connectivity index is 1.37. The number of phenols is 1. The van der Waals surface area contributed by atoms with Gasteiger partial charge >= 0.3 is 11.9 Å². The molecule has 4 aromatic rings. The van der Waals surface area contributed by atoms with Gasteiger partial charge in [-0.2, -0.15) is 0 Å². The monoisotopic (exact) mass is 488 g/mol. The van der Waals surface area contributed by atoms with Crippen molar-refractivity contribution in [3.8, 4) is 17.2 Å². The second-order valence-electron chi connectivity index (χ2n) is 8.22. The molecule has 1 aromatic heterocycles. The quantitative estimate of drug-likeness (QED) is 0.307. The summed E-state index contributed by atoms with van der Waals surface area (Å²) < 4.78 is 15.5. The van der Waals surface area contributed by atoms with Crippen molar-refractivity contribution in [2.45, 2.75) is 26.2 Å². The van der Waals surface area contributed by atoms with Crippen LogP contribution in [-0.4, -0.2) is 45.7 Å². The van der Waals surface area contributed by atoms with E-state index in [9.17, 15) is 14.7 Å². The molecule has 2 heterocycles. The van der Waals surface area contributed by atoms with E-state index >= 15 is 0 Å². The maximum absolute atomic E-state index is 11.6. The zero-order valence-corrected chi connectivity index (χ0v) is 19.7. The predicted octanol–water partition coefficient (Wildman–Crippen LogP) is 3.65. The van der Waals surface area contributed by atoms with Crippen molar-refractivity contribution in [1.29, 1.82) is 0 Å². The summed E-state index contributed by atoms with van der Waals surface area (Å²) in [4.78, 5) is 26.6. The van der Waals surface area contributed by atoms with E-state index in [0.717, 1.165) is 5.69 Å². The molecule has 5 rings (SSSR count). The number of rotatable bonds is 7. The van der Waals surface area contributed by atoms with E-state index in [1.165, 1.54) is 4.80 Å². The lowest BCUT2D eigenvalue weighted by Crippen LogP contribution is -2.27. The van der Waals surface area contributed by atoms with Crippen LogP contribution in [-0.2, 0) is 25.6 Å². The Hall–Kier alpha value is -4.60. The third-order valence-corrected chi connectivity index (χ3v) is 5.94. The summed E-state index contributed by atoms with van der Waals surface area (Å²) in [6.07, 6.45) is -1.42. The molecule has 1 aliphatic heterocycles. The maximum atomic E-state index is 11.6. The van der Waals surface area contributed by atoms with Crippen molar-refractivity contribution in [2.75, 3.05) is 18.6 Å². The summed E-state index contributed by atoms with van der Waals surface area (Å²) in [6.45, 7) is 3.10. The van der Waals surface area contributed by atoms with Crippen LogP contribution in [0.15, 0.2) is 60.7 Å². The standard InChI is InChI=1S/C26H24N4O6/c1-3-29(18-9-7-16(8-10-18)26-35-23(31)14-24(32)36-26)15-17-5-4-6-22(25(17)33)30-27-20-12-11-19(34-2)13-21(20)28-30/h4-13,26,33H,3,14-15H2,1-2H3. The number of benzene rings is 3. The van der Waals surface area contributed by atoms with Crippen LogP contribution in [0.5, 0.6) is 11.5 Å². The Kier molecular flexibility index (Phi) is 6.16. The molecule has 0 aliphatic carbocycles. The van der Waals surface area contributed by atoms with Crippen LogP contribution in [0.4, 0.5) is 5.69 Å². The third kappa shape index (κ3) is 4.52. The Bertz CT molecular complexity index is 1420. The molecule has 10 nitrogen and oxygen atoms in total. The largest absolute Gasteiger partial charge is 0.505 e. The molecule has 0 bridgehead atoms. The molecule has 0 unspecified atom stereocenters. The van der Waals surface area contributed by atoms with Crippen LogP contribution < -0.4 is 9.64 Å². The Morgan fingerprint density at radius 1 is 1.03 bits per heavy atom. The van der Waals surface area contributed by atoms with Crippen LogP contribution in [0, 0.1) is 0 Å². The molecule has 10 heteroatoms. The number of para-hydroxylation sites is 1. The number of aromatic nitrogens is 3. The van der Waals surface area contributed by atoms with Gasteiger partial charge in [0.15, 0.2) is 0 Å². The van der Waals surface area contributed by atoms with E-state index in [-0.39, 0.29) is 12.2 Å². The number of aromatic hydroxyl groups is 1. The summed E-state index contributed by atoms with van der Waals surface area (Å²) in [5.74, 6) is -0.452. The van der Waals surface area contributed by atoms with Crippen LogP contribution in [0.2, 0.25) is 0 Å². The van der Waals surface area contributed by atoms with Crippen molar-refractivity contribution in [3.05, 3.63) is 71.8 Å². The highest BCUT2D eigenvalue weighted by molar-refractivity contribution is 5.92. The fourth-order valence-corrected chi connectivity index (χ4v) is 4.03. The molecule has 0 radical (unpaired) electrons. The minimum Gasteiger partial charge on any atom is -0.505 e. The smallest absolute Gasteiger partial charge is 0.320 e. The first-order chi connectivity index (χ1) is 17.4. The first-order valence-electron chi connectivity index (χ1n) is 11.4. The number of hydrogen-bond donors (Lipinski definition) is 1. The van der Waals surface area contributed by atoms with Gasteiger partial charge in [0.1, 0.15) is 34.6 Å².